The maximum absolute atomic E-state index is 13.0. The molecule has 3 aliphatic rings. The lowest BCUT2D eigenvalue weighted by Crippen LogP contribution is -2.50. The number of urea groups is 1. The molecule has 5 rings (SSSR count). The van der Waals surface area contributed by atoms with E-state index in [1.807, 2.05) is 32.0 Å². The fourth-order valence-corrected chi connectivity index (χ4v) is 4.70. The third-order valence-corrected chi connectivity index (χ3v) is 6.32. The summed E-state index contributed by atoms with van der Waals surface area (Å²) in [6.45, 7) is 3.65. The number of rotatable bonds is 4. The molecule has 5 amide bonds. The van der Waals surface area contributed by atoms with Crippen molar-refractivity contribution in [2.75, 3.05) is 16.8 Å². The number of carbonyl (C=O) groups is 4. The second-order valence-electron chi connectivity index (χ2n) is 9.05. The van der Waals surface area contributed by atoms with Crippen molar-refractivity contribution in [3.05, 3.63) is 53.6 Å². The van der Waals surface area contributed by atoms with Gasteiger partial charge in [0.05, 0.1) is 5.69 Å². The Morgan fingerprint density at radius 2 is 1.94 bits per heavy atom. The monoisotopic (exact) mass is 452 g/mol. The summed E-state index contributed by atoms with van der Waals surface area (Å²) in [5.41, 5.74) is 2.00. The van der Waals surface area contributed by atoms with Crippen LogP contribution < -0.4 is 25.6 Å². The van der Waals surface area contributed by atoms with Gasteiger partial charge in [-0.1, -0.05) is 32.0 Å². The lowest BCUT2D eigenvalue weighted by molar-refractivity contribution is -0.129. The summed E-state index contributed by atoms with van der Waals surface area (Å²) in [4.78, 5) is 51.2. The van der Waals surface area contributed by atoms with Gasteiger partial charge in [-0.05, 0) is 41.3 Å². The van der Waals surface area contributed by atoms with E-state index in [1.165, 1.54) is 4.90 Å². The Bertz CT molecular complexity index is 1200. The van der Waals surface area contributed by atoms with Gasteiger partial charge in [0.15, 0.2) is 6.10 Å². The van der Waals surface area contributed by atoms with Crippen molar-refractivity contribution in [3.8, 4) is 5.75 Å². The quantitative estimate of drug-likeness (QED) is 0.615. The number of carbonyl (C=O) groups excluding carboxylic acids is 4. The minimum absolute atomic E-state index is 0. The number of nitrogens with one attached hydrogen (secondary N) is 3. The zero-order chi connectivity index (χ0) is 23.3. The van der Waals surface area contributed by atoms with Crippen molar-refractivity contribution >= 4 is 35.1 Å². The summed E-state index contributed by atoms with van der Waals surface area (Å²) >= 11 is 0. The number of hydrogen-bond acceptors (Lipinski definition) is 5. The zero-order valence-electron chi connectivity index (χ0n) is 18.3. The molecule has 1 aliphatic carbocycles. The van der Waals surface area contributed by atoms with E-state index in [-0.39, 0.29) is 33.0 Å². The molecule has 0 aromatic heterocycles. The molecule has 1 saturated heterocycles. The number of nitrogens with zero attached hydrogens (tertiary/aromatic N) is 1. The van der Waals surface area contributed by atoms with E-state index in [9.17, 15) is 19.2 Å². The van der Waals surface area contributed by atoms with Crippen LogP contribution in [0.15, 0.2) is 42.5 Å². The van der Waals surface area contributed by atoms with Gasteiger partial charge in [-0.3, -0.25) is 24.6 Å². The van der Waals surface area contributed by atoms with Crippen LogP contribution in [0.4, 0.5) is 16.2 Å². The number of para-hydroxylation sites is 2. The Morgan fingerprint density at radius 1 is 1.18 bits per heavy atom. The van der Waals surface area contributed by atoms with Crippen molar-refractivity contribution in [1.29, 1.82) is 0 Å². The molecule has 174 valence electrons. The van der Waals surface area contributed by atoms with Crippen molar-refractivity contribution in [1.82, 2.24) is 10.6 Å². The Kier molecular flexibility index (Phi) is 4.84. The third-order valence-electron chi connectivity index (χ3n) is 6.32. The number of benzene rings is 2. The summed E-state index contributed by atoms with van der Waals surface area (Å²) in [7, 11) is 0. The van der Waals surface area contributed by atoms with Crippen LogP contribution in [-0.4, -0.2) is 41.9 Å². The molecule has 9 heteroatoms. The summed E-state index contributed by atoms with van der Waals surface area (Å²) < 4.78 is 5.86. The Hall–Kier alpha value is -3.88. The predicted molar refractivity (Wildman–Crippen MR) is 124 cm³/mol. The zero-order valence-corrected chi connectivity index (χ0v) is 18.3. The van der Waals surface area contributed by atoms with Gasteiger partial charge in [-0.15, -0.1) is 0 Å². The maximum Gasteiger partial charge on any atom is 0.322 e. The normalized spacial score (nSPS) is 23.2. The second kappa shape index (κ2) is 7.61. The van der Waals surface area contributed by atoms with E-state index >= 15 is 0 Å². The fraction of sp³-hybridized carbons (Fsp3) is 0.333. The predicted octanol–water partition coefficient (Wildman–Crippen LogP) is 2.24. The van der Waals surface area contributed by atoms with Gasteiger partial charge in [0.25, 0.3) is 11.8 Å². The van der Waals surface area contributed by atoms with Gasteiger partial charge < -0.3 is 15.4 Å². The average molecular weight is 453 g/mol. The molecule has 2 aromatic rings. The van der Waals surface area contributed by atoms with Crippen LogP contribution in [0, 0.1) is 5.92 Å². The highest BCUT2D eigenvalue weighted by Gasteiger charge is 2.50. The highest BCUT2D eigenvalue weighted by Crippen LogP contribution is 2.36. The van der Waals surface area contributed by atoms with Crippen molar-refractivity contribution in [3.63, 3.8) is 0 Å². The van der Waals surface area contributed by atoms with Crippen LogP contribution in [0.3, 0.4) is 0 Å². The van der Waals surface area contributed by atoms with Crippen LogP contribution in [0.25, 0.3) is 0 Å². The molecule has 0 radical (unpaired) electrons. The Labute approximate surface area is 193 Å². The molecular formula is C24H28N4O5. The van der Waals surface area contributed by atoms with E-state index in [1.54, 1.807) is 24.3 Å². The number of anilines is 2. The average Bonchev–Trinajstić information content (AvgIpc) is 3.26. The fourth-order valence-electron chi connectivity index (χ4n) is 4.70. The first kappa shape index (κ1) is 21.0. The van der Waals surface area contributed by atoms with E-state index in [2.05, 4.69) is 16.0 Å². The smallest absolute Gasteiger partial charge is 0.322 e. The molecule has 9 nitrogen and oxygen atoms in total. The van der Waals surface area contributed by atoms with Gasteiger partial charge in [0.2, 0.25) is 5.91 Å². The SMILES string of the molecule is CC(C)C1Oc2ccccc2N(CC(=O)Nc2ccc3c(c2)CC2(C3)NC(=O)NC2=O)C1=O.[HH].[HH]. The molecule has 2 aliphatic heterocycles. The van der Waals surface area contributed by atoms with E-state index in [0.29, 0.717) is 30.0 Å². The first-order chi connectivity index (χ1) is 15.8. The molecule has 3 N–H and O–H groups in total. The van der Waals surface area contributed by atoms with E-state index in [4.69, 9.17) is 4.74 Å². The van der Waals surface area contributed by atoms with E-state index in [0.717, 1.165) is 11.1 Å². The second-order valence-corrected chi connectivity index (χ2v) is 9.05. The van der Waals surface area contributed by atoms with Crippen molar-refractivity contribution < 1.29 is 26.8 Å². The lowest BCUT2D eigenvalue weighted by Gasteiger charge is -2.35. The molecule has 2 atom stereocenters. The third kappa shape index (κ3) is 3.59. The lowest BCUT2D eigenvalue weighted by atomic mass is 9.96. The molecule has 33 heavy (non-hydrogen) atoms. The van der Waals surface area contributed by atoms with Crippen LogP contribution >= 0.6 is 0 Å². The van der Waals surface area contributed by atoms with Gasteiger partial charge in [-0.2, -0.15) is 0 Å². The van der Waals surface area contributed by atoms with Crippen molar-refractivity contribution in [2.45, 2.75) is 38.3 Å². The Morgan fingerprint density at radius 3 is 2.67 bits per heavy atom. The van der Waals surface area contributed by atoms with Crippen molar-refractivity contribution in [2.24, 2.45) is 5.92 Å². The molecule has 2 aromatic carbocycles. The largest absolute Gasteiger partial charge is 0.478 e. The van der Waals surface area contributed by atoms with Crippen LogP contribution in [0.5, 0.6) is 5.75 Å². The van der Waals surface area contributed by atoms with Crippen LogP contribution in [0.2, 0.25) is 0 Å². The minimum Gasteiger partial charge on any atom is -0.478 e. The summed E-state index contributed by atoms with van der Waals surface area (Å²) in [5, 5.41) is 7.87. The molecule has 0 saturated carbocycles. The first-order valence-corrected chi connectivity index (χ1v) is 10.9. The highest BCUT2D eigenvalue weighted by atomic mass is 16.5. The number of imide groups is 1. The minimum atomic E-state index is -0.960. The van der Waals surface area contributed by atoms with Crippen LogP contribution in [0.1, 0.15) is 27.8 Å². The van der Waals surface area contributed by atoms with Gasteiger partial charge in [0.1, 0.15) is 17.8 Å². The summed E-state index contributed by atoms with van der Waals surface area (Å²) in [6.07, 6.45) is 0.107. The topological polar surface area (TPSA) is 117 Å². The molecule has 1 fully saturated rings. The maximum atomic E-state index is 13.0. The molecule has 2 heterocycles. The summed E-state index contributed by atoms with van der Waals surface area (Å²) in [5.74, 6) is -0.407. The highest BCUT2D eigenvalue weighted by molar-refractivity contribution is 6.08. The number of amides is 5. The Balaban J connectivity index is 0.00000171. The first-order valence-electron chi connectivity index (χ1n) is 10.9. The standard InChI is InChI=1S/C24H24N4O5.2H2/c1-13(2)20-21(30)28(17-5-3-4-6-18(17)33-20)12-19(29)25-16-8-7-14-10-24(11-15(14)9-16)22(31)26-23(32)27-24;;/h3-9,13,20H,10-12H2,1-2H3,(H,25,29)(H2,26,27,31,32);2*1H. The number of ether oxygens (including phenoxy) is 1. The van der Waals surface area contributed by atoms with Crippen LogP contribution in [-0.2, 0) is 27.2 Å². The van der Waals surface area contributed by atoms with Gasteiger partial charge in [0, 0.05) is 21.4 Å². The number of fused-ring (bicyclic) bond motifs is 2. The van der Waals surface area contributed by atoms with Gasteiger partial charge >= 0.3 is 6.03 Å². The number of hydrogen-bond donors (Lipinski definition) is 3. The van der Waals surface area contributed by atoms with E-state index < -0.39 is 17.7 Å². The van der Waals surface area contributed by atoms with Gasteiger partial charge in [-0.25, -0.2) is 4.79 Å². The molecule has 2 unspecified atom stereocenters. The summed E-state index contributed by atoms with van der Waals surface area (Å²) in [6, 6.07) is 12.1. The molecule has 1 spiro atoms. The molecular weight excluding hydrogens is 424 g/mol. The molecule has 0 bridgehead atoms.